The summed E-state index contributed by atoms with van der Waals surface area (Å²) in [5, 5.41) is 6.61. The van der Waals surface area contributed by atoms with Crippen LogP contribution in [0, 0.1) is 48.5 Å². The Balaban J connectivity index is 0.000000146. The fourth-order valence-corrected chi connectivity index (χ4v) is 12.6. The molecular formula is C78H72Cl4N4O7. The minimum absolute atomic E-state index is 0.00428. The standard InChI is InChI=1S/C20H18ClNO2.C20H20ClNO.C19H16ClNO3.C19H18ClNO/c1-12-4-9-19-18(10-12)17(11-13(2)23)14(3)22(19)20(24)15-5-7-16(21)8-6-15;1-4-5-17-14(3)22(19-11-6-13(2)12-18(17)19)20(23)15-7-9-16(21)10-8-15;1-12-16(9-10-22)17-11-15(24-2)7-8-18(17)21(12)19(23)13-3-5-14(20)6-4-13;1-4-16-13(3)21(18-10-5-12(2)11-17(16)18)19(22)14-6-8-15(20)9-7-14/h4-10H,11H2,1-3H3;6-12H,4-5H2,1-3H3;3-8,10-11H,9H2,1-2H3;5-11H,4H2,1-3H3. The minimum Gasteiger partial charge on any atom is -0.497 e. The molecular weight excluding hydrogens is 1250 g/mol. The van der Waals surface area contributed by atoms with E-state index in [4.69, 9.17) is 51.1 Å². The van der Waals surface area contributed by atoms with E-state index in [2.05, 4.69) is 45.9 Å². The van der Waals surface area contributed by atoms with Gasteiger partial charge in [-0.3, -0.25) is 42.2 Å². The van der Waals surface area contributed by atoms with Crippen LogP contribution in [0.25, 0.3) is 43.6 Å². The van der Waals surface area contributed by atoms with Crippen molar-refractivity contribution in [3.63, 3.8) is 0 Å². The van der Waals surface area contributed by atoms with Crippen LogP contribution < -0.4 is 4.74 Å². The molecule has 0 unspecified atom stereocenters. The molecule has 12 rings (SSSR count). The molecule has 93 heavy (non-hydrogen) atoms. The molecule has 0 aliphatic carbocycles. The Morgan fingerprint density at radius 1 is 0.398 bits per heavy atom. The summed E-state index contributed by atoms with van der Waals surface area (Å²) in [7, 11) is 1.59. The first kappa shape index (κ1) is 68.3. The number of nitrogens with zero attached hydrogens (tertiary/aromatic N) is 4. The number of benzene rings is 8. The molecule has 8 aromatic carbocycles. The summed E-state index contributed by atoms with van der Waals surface area (Å²) in [5.41, 5.74) is 17.3. The molecule has 0 spiro atoms. The molecule has 474 valence electrons. The second kappa shape index (κ2) is 29.7. The predicted molar refractivity (Wildman–Crippen MR) is 380 cm³/mol. The van der Waals surface area contributed by atoms with Gasteiger partial charge in [0.15, 0.2) is 0 Å². The first-order valence-corrected chi connectivity index (χ1v) is 32.1. The lowest BCUT2D eigenvalue weighted by Gasteiger charge is -2.08. The van der Waals surface area contributed by atoms with Crippen molar-refractivity contribution < 1.29 is 33.5 Å². The Labute approximate surface area is 562 Å². The molecule has 0 saturated carbocycles. The lowest BCUT2D eigenvalue weighted by Crippen LogP contribution is -2.14. The van der Waals surface area contributed by atoms with Crippen molar-refractivity contribution in [1.29, 1.82) is 0 Å². The molecule has 0 fully saturated rings. The Bertz CT molecular complexity index is 4840. The zero-order valence-electron chi connectivity index (χ0n) is 53.9. The SMILES string of the molecule is CC(=O)Cc1c(C)n(C(=O)c2ccc(Cl)cc2)c2ccc(C)cc12.CCCc1c(C)n(C(=O)c2ccc(Cl)cc2)c2ccc(C)cc12.CCc1c(C)n(C(=O)c2ccc(Cl)cc2)c2ccc(C)cc12.COc1ccc2c(c1)c(CC=O)c(C)n2C(=O)c1ccc(Cl)cc1. The first-order chi connectivity index (χ1) is 44.5. The van der Waals surface area contributed by atoms with Gasteiger partial charge in [0, 0.05) is 99.5 Å². The first-order valence-electron chi connectivity index (χ1n) is 30.6. The number of halogens is 4. The van der Waals surface area contributed by atoms with Crippen molar-refractivity contribution in [3.8, 4) is 5.75 Å². The van der Waals surface area contributed by atoms with E-state index in [1.165, 1.54) is 33.0 Å². The number of fused-ring (bicyclic) bond motifs is 4. The third-order valence-corrected chi connectivity index (χ3v) is 17.8. The van der Waals surface area contributed by atoms with Gasteiger partial charge in [-0.25, -0.2) is 0 Å². The van der Waals surface area contributed by atoms with Crippen molar-refractivity contribution >= 4 is 126 Å². The molecule has 0 aliphatic heterocycles. The Morgan fingerprint density at radius 3 is 1.02 bits per heavy atom. The van der Waals surface area contributed by atoms with Crippen molar-refractivity contribution in [2.24, 2.45) is 0 Å². The van der Waals surface area contributed by atoms with Crippen LogP contribution in [-0.4, -0.2) is 61.1 Å². The van der Waals surface area contributed by atoms with Crippen LogP contribution in [0.1, 0.15) is 130 Å². The topological polar surface area (TPSA) is 131 Å². The number of Topliss-reactive ketones (excluding diaryl/α,β-unsaturated/α-hetero) is 1. The number of aldehydes is 1. The van der Waals surface area contributed by atoms with Crippen LogP contribution in [0.2, 0.25) is 20.1 Å². The number of hydrogen-bond donors (Lipinski definition) is 0. The third kappa shape index (κ3) is 14.6. The van der Waals surface area contributed by atoms with Crippen molar-refractivity contribution in [2.45, 2.75) is 101 Å². The fraction of sp³-hybridized carbons (Fsp3) is 0.205. The molecule has 0 atom stereocenters. The van der Waals surface area contributed by atoms with Crippen molar-refractivity contribution in [2.75, 3.05) is 7.11 Å². The van der Waals surface area contributed by atoms with Gasteiger partial charge in [0.05, 0.1) is 29.2 Å². The van der Waals surface area contributed by atoms with Crippen LogP contribution in [-0.2, 0) is 35.3 Å². The fourth-order valence-electron chi connectivity index (χ4n) is 12.1. The van der Waals surface area contributed by atoms with E-state index in [-0.39, 0.29) is 35.8 Å². The zero-order valence-corrected chi connectivity index (χ0v) is 57.0. The van der Waals surface area contributed by atoms with Gasteiger partial charge in [-0.1, -0.05) is 102 Å². The number of ketones is 1. The summed E-state index contributed by atoms with van der Waals surface area (Å²) >= 11 is 23.7. The smallest absolute Gasteiger partial charge is 0.262 e. The van der Waals surface area contributed by atoms with Gasteiger partial charge in [0.1, 0.15) is 17.8 Å². The largest absolute Gasteiger partial charge is 0.497 e. The highest BCUT2D eigenvalue weighted by Crippen LogP contribution is 2.34. The summed E-state index contributed by atoms with van der Waals surface area (Å²) < 4.78 is 12.2. The molecule has 15 heteroatoms. The summed E-state index contributed by atoms with van der Waals surface area (Å²) in [4.78, 5) is 74.7. The molecule has 0 amide bonds. The van der Waals surface area contributed by atoms with Crippen molar-refractivity contribution in [3.05, 3.63) is 274 Å². The maximum Gasteiger partial charge on any atom is 0.262 e. The Hall–Kier alpha value is -9.10. The van der Waals surface area contributed by atoms with E-state index in [0.29, 0.717) is 54.5 Å². The molecule has 4 aromatic heterocycles. The highest BCUT2D eigenvalue weighted by atomic mass is 35.5. The Morgan fingerprint density at radius 2 is 0.699 bits per heavy atom. The third-order valence-electron chi connectivity index (χ3n) is 16.8. The molecule has 0 N–H and O–H groups in total. The number of rotatable bonds is 12. The van der Waals surface area contributed by atoms with Crippen LogP contribution in [0.3, 0.4) is 0 Å². The summed E-state index contributed by atoms with van der Waals surface area (Å²) in [6.45, 7) is 19.8. The maximum absolute atomic E-state index is 13.0. The minimum atomic E-state index is -0.156. The number of hydrogen-bond acceptors (Lipinski definition) is 7. The second-order valence-corrected chi connectivity index (χ2v) is 24.9. The van der Waals surface area contributed by atoms with E-state index in [1.807, 2.05) is 92.3 Å². The van der Waals surface area contributed by atoms with Crippen LogP contribution in [0.15, 0.2) is 170 Å². The molecule has 12 aromatic rings. The quantitative estimate of drug-likeness (QED) is 0.111. The number of aromatic nitrogens is 4. The van der Waals surface area contributed by atoms with Crippen LogP contribution >= 0.6 is 46.4 Å². The number of carbonyl (C=O) groups is 6. The maximum atomic E-state index is 13.0. The van der Waals surface area contributed by atoms with Crippen molar-refractivity contribution in [1.82, 2.24) is 18.3 Å². The normalized spacial score (nSPS) is 11.0. The van der Waals surface area contributed by atoms with E-state index in [9.17, 15) is 28.8 Å². The molecule has 11 nitrogen and oxygen atoms in total. The van der Waals surface area contributed by atoms with E-state index in [0.717, 1.165) is 97.9 Å². The van der Waals surface area contributed by atoms with E-state index < -0.39 is 0 Å². The van der Waals surface area contributed by atoms with Gasteiger partial charge in [0.2, 0.25) is 0 Å². The number of methoxy groups -OCH3 is 1. The predicted octanol–water partition coefficient (Wildman–Crippen LogP) is 19.5. The summed E-state index contributed by atoms with van der Waals surface area (Å²) in [5.74, 6) is 0.478. The lowest BCUT2D eigenvalue weighted by molar-refractivity contribution is -0.116. The van der Waals surface area contributed by atoms with Gasteiger partial charge in [-0.05, 0) is 242 Å². The molecule has 0 radical (unpaired) electrons. The van der Waals surface area contributed by atoms with E-state index >= 15 is 0 Å². The monoisotopic (exact) mass is 1320 g/mol. The molecule has 4 heterocycles. The number of ether oxygens (including phenoxy) is 1. The lowest BCUT2D eigenvalue weighted by atomic mass is 10.0. The van der Waals surface area contributed by atoms with Gasteiger partial charge >= 0.3 is 0 Å². The van der Waals surface area contributed by atoms with Gasteiger partial charge in [-0.2, -0.15) is 0 Å². The van der Waals surface area contributed by atoms with Crippen LogP contribution in [0.5, 0.6) is 5.75 Å². The Kier molecular flexibility index (Phi) is 21.8. The average molecular weight is 1320 g/mol. The summed E-state index contributed by atoms with van der Waals surface area (Å²) in [6.07, 6.45) is 4.36. The van der Waals surface area contributed by atoms with Crippen LogP contribution in [0.4, 0.5) is 0 Å². The average Bonchev–Trinajstić information content (AvgIpc) is 1.65. The molecule has 0 aliphatic rings. The number of carbonyl (C=O) groups excluding carboxylic acids is 6. The molecule has 0 saturated heterocycles. The molecule has 0 bridgehead atoms. The van der Waals surface area contributed by atoms with Gasteiger partial charge in [0.25, 0.3) is 23.6 Å². The highest BCUT2D eigenvalue weighted by Gasteiger charge is 2.25. The number of aryl methyl sites for hydroxylation is 5. The van der Waals surface area contributed by atoms with E-state index in [1.54, 1.807) is 126 Å². The second-order valence-electron chi connectivity index (χ2n) is 23.1. The van der Waals surface area contributed by atoms with Gasteiger partial charge < -0.3 is 9.53 Å². The summed E-state index contributed by atoms with van der Waals surface area (Å²) in [6, 6.07) is 51.7. The van der Waals surface area contributed by atoms with Gasteiger partial charge in [-0.15, -0.1) is 0 Å². The zero-order chi connectivity index (χ0) is 67.1. The highest BCUT2D eigenvalue weighted by molar-refractivity contribution is 6.31.